The van der Waals surface area contributed by atoms with Gasteiger partial charge in [0.05, 0.1) is 17.4 Å². The molecule has 1 aromatic rings. The summed E-state index contributed by atoms with van der Waals surface area (Å²) in [4.78, 5) is 12.0. The van der Waals surface area contributed by atoms with Gasteiger partial charge in [-0.25, -0.2) is 4.39 Å². The van der Waals surface area contributed by atoms with Crippen molar-refractivity contribution < 1.29 is 18.1 Å². The van der Waals surface area contributed by atoms with Crippen LogP contribution in [-0.4, -0.2) is 35.6 Å². The maximum absolute atomic E-state index is 13.0. The molecular weight excluding hydrogens is 257 g/mol. The Morgan fingerprint density at radius 2 is 2.28 bits per heavy atom. The third-order valence-corrected chi connectivity index (χ3v) is 3.90. The molecule has 2 unspecified atom stereocenters. The molecule has 2 atom stereocenters. The molecule has 4 nitrogen and oxygen atoms in total. The zero-order valence-corrected chi connectivity index (χ0v) is 11.1. The number of benzene rings is 1. The van der Waals surface area contributed by atoms with Gasteiger partial charge in [0.1, 0.15) is 11.1 Å². The molecule has 0 heterocycles. The molecule has 1 aromatic carbocycles. The molecule has 18 heavy (non-hydrogen) atoms. The molecule has 0 aliphatic carbocycles. The van der Waals surface area contributed by atoms with Crippen LogP contribution in [0.4, 0.5) is 4.39 Å². The number of hydrogen-bond acceptors (Lipinski definition) is 3. The summed E-state index contributed by atoms with van der Waals surface area (Å²) in [5.41, 5.74) is 0. The van der Waals surface area contributed by atoms with Gasteiger partial charge in [0.2, 0.25) is 5.91 Å². The molecule has 0 bridgehead atoms. The van der Waals surface area contributed by atoms with Crippen molar-refractivity contribution in [2.24, 2.45) is 0 Å². The zero-order valence-electron chi connectivity index (χ0n) is 10.3. The third kappa shape index (κ3) is 4.19. The highest BCUT2D eigenvalue weighted by Gasteiger charge is 2.21. The fourth-order valence-electron chi connectivity index (χ4n) is 1.31. The number of rotatable bonds is 6. The van der Waals surface area contributed by atoms with E-state index in [0.717, 1.165) is 0 Å². The molecular formula is C12H16FNO3S. The van der Waals surface area contributed by atoms with Crippen molar-refractivity contribution in [3.8, 4) is 0 Å². The van der Waals surface area contributed by atoms with Gasteiger partial charge < -0.3 is 10.1 Å². The highest BCUT2D eigenvalue weighted by atomic mass is 32.2. The molecule has 6 heteroatoms. The van der Waals surface area contributed by atoms with Gasteiger partial charge in [-0.05, 0) is 25.1 Å². The van der Waals surface area contributed by atoms with Gasteiger partial charge in [-0.3, -0.25) is 9.00 Å². The van der Waals surface area contributed by atoms with Gasteiger partial charge in [0, 0.05) is 18.6 Å². The number of ether oxygens (including phenoxy) is 1. The molecule has 1 amide bonds. The van der Waals surface area contributed by atoms with E-state index in [2.05, 4.69) is 5.32 Å². The summed E-state index contributed by atoms with van der Waals surface area (Å²) in [5.74, 6) is -0.803. The Morgan fingerprint density at radius 3 is 2.89 bits per heavy atom. The number of hydrogen-bond donors (Lipinski definition) is 1. The Hall–Kier alpha value is -1.27. The van der Waals surface area contributed by atoms with Crippen molar-refractivity contribution >= 4 is 16.7 Å². The van der Waals surface area contributed by atoms with Crippen LogP contribution in [0.15, 0.2) is 29.2 Å². The van der Waals surface area contributed by atoms with Crippen LogP contribution in [0.3, 0.4) is 0 Å². The lowest BCUT2D eigenvalue weighted by Crippen LogP contribution is -2.37. The molecule has 0 aliphatic heterocycles. The molecule has 1 rings (SSSR count). The van der Waals surface area contributed by atoms with Gasteiger partial charge in [-0.1, -0.05) is 6.07 Å². The Balaban J connectivity index is 2.63. The lowest BCUT2D eigenvalue weighted by Gasteiger charge is -2.11. The molecule has 0 aromatic heterocycles. The van der Waals surface area contributed by atoms with Gasteiger partial charge in [0.25, 0.3) is 0 Å². The van der Waals surface area contributed by atoms with Gasteiger partial charge >= 0.3 is 0 Å². The van der Waals surface area contributed by atoms with Crippen LogP contribution < -0.4 is 5.32 Å². The van der Waals surface area contributed by atoms with Crippen molar-refractivity contribution in [2.75, 3.05) is 20.3 Å². The minimum atomic E-state index is -1.57. The summed E-state index contributed by atoms with van der Waals surface area (Å²) in [6.45, 7) is 2.30. The summed E-state index contributed by atoms with van der Waals surface area (Å²) >= 11 is 0. The van der Waals surface area contributed by atoms with Crippen LogP contribution in [0, 0.1) is 5.82 Å². The van der Waals surface area contributed by atoms with E-state index in [4.69, 9.17) is 4.74 Å². The third-order valence-electron chi connectivity index (χ3n) is 2.32. The highest BCUT2D eigenvalue weighted by Crippen LogP contribution is 2.12. The first-order valence-electron chi connectivity index (χ1n) is 5.49. The smallest absolute Gasteiger partial charge is 0.235 e. The second-order valence-electron chi connectivity index (χ2n) is 3.68. The van der Waals surface area contributed by atoms with Gasteiger partial charge in [-0.15, -0.1) is 0 Å². The number of carbonyl (C=O) groups is 1. The minimum Gasteiger partial charge on any atom is -0.383 e. The van der Waals surface area contributed by atoms with Crippen molar-refractivity contribution in [1.29, 1.82) is 0 Å². The Kier molecular flexibility index (Phi) is 5.94. The van der Waals surface area contributed by atoms with Crippen molar-refractivity contribution in [3.63, 3.8) is 0 Å². The SMILES string of the molecule is COCCNC(=O)C(C)S(=O)c1cccc(F)c1. The van der Waals surface area contributed by atoms with E-state index in [9.17, 15) is 13.4 Å². The van der Waals surface area contributed by atoms with E-state index in [1.807, 2.05) is 0 Å². The van der Waals surface area contributed by atoms with Gasteiger partial charge in [0.15, 0.2) is 0 Å². The van der Waals surface area contributed by atoms with Gasteiger partial charge in [-0.2, -0.15) is 0 Å². The summed E-state index contributed by atoms with van der Waals surface area (Å²) in [6.07, 6.45) is 0. The first kappa shape index (κ1) is 14.8. The van der Waals surface area contributed by atoms with Crippen LogP contribution in [0.2, 0.25) is 0 Å². The predicted octanol–water partition coefficient (Wildman–Crippen LogP) is 1.08. The standard InChI is InChI=1S/C12H16FNO3S/c1-9(12(15)14-6-7-17-2)18(16)11-5-3-4-10(13)8-11/h3-5,8-9H,6-7H2,1-2H3,(H,14,15). The quantitative estimate of drug-likeness (QED) is 0.789. The van der Waals surface area contributed by atoms with E-state index in [1.54, 1.807) is 6.92 Å². The Bertz CT molecular complexity index is 439. The largest absolute Gasteiger partial charge is 0.383 e. The van der Waals surface area contributed by atoms with Crippen molar-refractivity contribution in [3.05, 3.63) is 30.1 Å². The fourth-order valence-corrected chi connectivity index (χ4v) is 2.44. The first-order chi connectivity index (χ1) is 8.56. The Labute approximate surface area is 108 Å². The first-order valence-corrected chi connectivity index (χ1v) is 6.70. The number of halogens is 1. The maximum Gasteiger partial charge on any atom is 0.235 e. The molecule has 0 saturated heterocycles. The number of carbonyl (C=O) groups excluding carboxylic acids is 1. The second-order valence-corrected chi connectivity index (χ2v) is 5.45. The predicted molar refractivity (Wildman–Crippen MR) is 67.2 cm³/mol. The molecule has 100 valence electrons. The number of nitrogens with one attached hydrogen (secondary N) is 1. The zero-order chi connectivity index (χ0) is 13.5. The lowest BCUT2D eigenvalue weighted by molar-refractivity contribution is -0.120. The van der Waals surface area contributed by atoms with Crippen LogP contribution >= 0.6 is 0 Å². The molecule has 0 fully saturated rings. The van der Waals surface area contributed by atoms with E-state index < -0.39 is 21.9 Å². The molecule has 0 spiro atoms. The number of methoxy groups -OCH3 is 1. The van der Waals surface area contributed by atoms with Crippen molar-refractivity contribution in [2.45, 2.75) is 17.1 Å². The molecule has 0 saturated carbocycles. The molecule has 1 N–H and O–H groups in total. The van der Waals surface area contributed by atoms with Crippen molar-refractivity contribution in [1.82, 2.24) is 5.32 Å². The minimum absolute atomic E-state index is 0.310. The van der Waals surface area contributed by atoms with Crippen LogP contribution in [-0.2, 0) is 20.3 Å². The average Bonchev–Trinajstić information content (AvgIpc) is 2.37. The van der Waals surface area contributed by atoms with Crippen LogP contribution in [0.5, 0.6) is 0 Å². The highest BCUT2D eigenvalue weighted by molar-refractivity contribution is 7.86. The van der Waals surface area contributed by atoms with Crippen LogP contribution in [0.1, 0.15) is 6.92 Å². The van der Waals surface area contributed by atoms with Crippen LogP contribution in [0.25, 0.3) is 0 Å². The van der Waals surface area contributed by atoms with E-state index in [1.165, 1.54) is 31.4 Å². The summed E-state index contributed by atoms with van der Waals surface area (Å²) in [5, 5.41) is 1.87. The number of amides is 1. The Morgan fingerprint density at radius 1 is 1.56 bits per heavy atom. The summed E-state index contributed by atoms with van der Waals surface area (Å²) < 4.78 is 29.8. The molecule has 0 aliphatic rings. The maximum atomic E-state index is 13.0. The molecule has 0 radical (unpaired) electrons. The summed E-state index contributed by atoms with van der Waals surface area (Å²) in [6, 6.07) is 5.45. The normalized spacial score (nSPS) is 13.9. The average molecular weight is 273 g/mol. The van der Waals surface area contributed by atoms with E-state index in [-0.39, 0.29) is 5.91 Å². The fraction of sp³-hybridized carbons (Fsp3) is 0.417. The second kappa shape index (κ2) is 7.23. The topological polar surface area (TPSA) is 55.4 Å². The monoisotopic (exact) mass is 273 g/mol. The lowest BCUT2D eigenvalue weighted by atomic mass is 10.3. The van der Waals surface area contributed by atoms with E-state index >= 15 is 0 Å². The van der Waals surface area contributed by atoms with E-state index in [0.29, 0.717) is 18.0 Å². The summed E-state index contributed by atoms with van der Waals surface area (Å²) in [7, 11) is -0.0385.